The predicted octanol–water partition coefficient (Wildman–Crippen LogP) is 1.07. The molecule has 0 aliphatic heterocycles. The second kappa shape index (κ2) is 6.76. The van der Waals surface area contributed by atoms with E-state index in [1.807, 2.05) is 36.4 Å². The zero-order valence-corrected chi connectivity index (χ0v) is 13.5. The number of rotatable bonds is 6. The van der Waals surface area contributed by atoms with Gasteiger partial charge in [0.25, 0.3) is 0 Å². The molecule has 0 aliphatic carbocycles. The van der Waals surface area contributed by atoms with E-state index in [-0.39, 0.29) is 12.7 Å². The fraction of sp³-hybridized carbons (Fsp3) is 0.294. The molecule has 0 unspecified atom stereocenters. The highest BCUT2D eigenvalue weighted by Crippen LogP contribution is 2.46. The Bertz CT molecular complexity index is 600. The van der Waals surface area contributed by atoms with Crippen molar-refractivity contribution in [1.29, 1.82) is 0 Å². The van der Waals surface area contributed by atoms with Crippen molar-refractivity contribution >= 4 is 17.8 Å². The summed E-state index contributed by atoms with van der Waals surface area (Å²) in [7, 11) is -3.08. The zero-order chi connectivity index (χ0) is 16.2. The third-order valence-corrected chi connectivity index (χ3v) is 7.18. The highest BCUT2D eigenvalue weighted by molar-refractivity contribution is 7.78. The maximum absolute atomic E-state index is 13.7. The number of aliphatic hydroxyl groups is 2. The van der Waals surface area contributed by atoms with Crippen LogP contribution >= 0.6 is 7.14 Å². The summed E-state index contributed by atoms with van der Waals surface area (Å²) >= 11 is 0. The van der Waals surface area contributed by atoms with E-state index >= 15 is 0 Å². The Morgan fingerprint density at radius 3 is 1.82 bits per heavy atom. The lowest BCUT2D eigenvalue weighted by atomic mass is 10.0. The van der Waals surface area contributed by atoms with Crippen LogP contribution in [0.1, 0.15) is 6.92 Å². The minimum Gasteiger partial charge on any atom is -0.389 e. The van der Waals surface area contributed by atoms with Gasteiger partial charge in [-0.2, -0.15) is 0 Å². The smallest absolute Gasteiger partial charge is 0.146 e. The Morgan fingerprint density at radius 2 is 1.45 bits per heavy atom. The maximum atomic E-state index is 13.7. The molecule has 2 aromatic carbocycles. The van der Waals surface area contributed by atoms with Crippen molar-refractivity contribution in [3.05, 3.63) is 60.7 Å². The molecule has 0 amide bonds. The normalized spacial score (nSPS) is 16.0. The number of nitrogens with two attached hydrogens (primary N) is 1. The van der Waals surface area contributed by atoms with Gasteiger partial charge in [-0.1, -0.05) is 60.7 Å². The summed E-state index contributed by atoms with van der Waals surface area (Å²) < 4.78 is 13.7. The summed E-state index contributed by atoms with van der Waals surface area (Å²) in [5, 5.41) is 21.8. The van der Waals surface area contributed by atoms with Crippen LogP contribution < -0.4 is 16.3 Å². The average molecular weight is 319 g/mol. The fourth-order valence-corrected chi connectivity index (χ4v) is 5.56. The van der Waals surface area contributed by atoms with E-state index < -0.39 is 18.8 Å². The largest absolute Gasteiger partial charge is 0.389 e. The van der Waals surface area contributed by atoms with Gasteiger partial charge >= 0.3 is 0 Å². The molecule has 22 heavy (non-hydrogen) atoms. The third kappa shape index (κ3) is 3.47. The van der Waals surface area contributed by atoms with Gasteiger partial charge in [0.05, 0.1) is 11.7 Å². The molecule has 0 saturated heterocycles. The van der Waals surface area contributed by atoms with E-state index in [1.54, 1.807) is 24.3 Å². The molecule has 0 heterocycles. The van der Waals surface area contributed by atoms with Crippen LogP contribution in [0.4, 0.5) is 0 Å². The van der Waals surface area contributed by atoms with Gasteiger partial charge in [0.15, 0.2) is 0 Å². The lowest BCUT2D eigenvalue weighted by Crippen LogP contribution is -2.48. The second-order valence-electron chi connectivity index (χ2n) is 5.68. The van der Waals surface area contributed by atoms with E-state index in [0.717, 1.165) is 0 Å². The van der Waals surface area contributed by atoms with E-state index in [4.69, 9.17) is 5.73 Å². The molecule has 0 fully saturated rings. The highest BCUT2D eigenvalue weighted by atomic mass is 31.2. The standard InChI is InChI=1S/C17H22NO3P/c1-17(20,16(19)12-18)13-22(21,14-8-4-2-5-9-14)15-10-6-3-7-11-15/h2-11,16,19-20H,12-13,18H2,1H3/t16-,17-/m0/s1. The molecule has 0 aromatic heterocycles. The summed E-state index contributed by atoms with van der Waals surface area (Å²) in [4.78, 5) is 0. The molecule has 2 rings (SSSR count). The molecule has 0 saturated carbocycles. The van der Waals surface area contributed by atoms with Crippen molar-refractivity contribution in [2.24, 2.45) is 5.73 Å². The van der Waals surface area contributed by atoms with Crippen LogP contribution in [-0.2, 0) is 4.57 Å². The van der Waals surface area contributed by atoms with Crippen LogP contribution in [0.3, 0.4) is 0 Å². The van der Waals surface area contributed by atoms with E-state index in [0.29, 0.717) is 10.6 Å². The monoisotopic (exact) mass is 319 g/mol. The van der Waals surface area contributed by atoms with Crippen LogP contribution in [0.25, 0.3) is 0 Å². The summed E-state index contributed by atoms with van der Waals surface area (Å²) in [5.74, 6) is 0. The Labute approximate surface area is 131 Å². The molecule has 5 heteroatoms. The molecular weight excluding hydrogens is 297 g/mol. The van der Waals surface area contributed by atoms with Gasteiger partial charge in [0.2, 0.25) is 0 Å². The average Bonchev–Trinajstić information content (AvgIpc) is 2.55. The Balaban J connectivity index is 2.51. The van der Waals surface area contributed by atoms with E-state index in [1.165, 1.54) is 6.92 Å². The number of aliphatic hydroxyl groups excluding tert-OH is 1. The van der Waals surface area contributed by atoms with Crippen LogP contribution in [-0.4, -0.2) is 34.6 Å². The van der Waals surface area contributed by atoms with Gasteiger partial charge in [0, 0.05) is 23.3 Å². The van der Waals surface area contributed by atoms with Crippen molar-refractivity contribution in [1.82, 2.24) is 0 Å². The van der Waals surface area contributed by atoms with Crippen molar-refractivity contribution in [2.75, 3.05) is 12.7 Å². The quantitative estimate of drug-likeness (QED) is 0.696. The van der Waals surface area contributed by atoms with Gasteiger partial charge in [-0.3, -0.25) is 0 Å². The highest BCUT2D eigenvalue weighted by Gasteiger charge is 2.39. The third-order valence-electron chi connectivity index (χ3n) is 3.83. The first-order chi connectivity index (χ1) is 10.4. The molecule has 0 aliphatic rings. The zero-order valence-electron chi connectivity index (χ0n) is 12.6. The fourth-order valence-electron chi connectivity index (χ4n) is 2.48. The first-order valence-corrected chi connectivity index (χ1v) is 9.10. The Morgan fingerprint density at radius 1 is 1.05 bits per heavy atom. The predicted molar refractivity (Wildman–Crippen MR) is 90.3 cm³/mol. The molecule has 4 N–H and O–H groups in total. The SMILES string of the molecule is C[C@](O)(CP(=O)(c1ccccc1)c1ccccc1)[C@@H](O)CN. The molecule has 118 valence electrons. The molecular formula is C17H22NO3P. The summed E-state index contributed by atoms with van der Waals surface area (Å²) in [6, 6.07) is 18.1. The molecule has 2 atom stereocenters. The second-order valence-corrected chi connectivity index (χ2v) is 8.51. The maximum Gasteiger partial charge on any atom is 0.146 e. The minimum atomic E-state index is -3.08. The Hall–Kier alpha value is -1.45. The van der Waals surface area contributed by atoms with E-state index in [9.17, 15) is 14.8 Å². The van der Waals surface area contributed by atoms with E-state index in [2.05, 4.69) is 0 Å². The number of hydrogen-bond donors (Lipinski definition) is 3. The van der Waals surface area contributed by atoms with Crippen LogP contribution in [0.5, 0.6) is 0 Å². The molecule has 4 nitrogen and oxygen atoms in total. The first kappa shape index (κ1) is 16.9. The van der Waals surface area contributed by atoms with Crippen LogP contribution in [0.15, 0.2) is 60.7 Å². The van der Waals surface area contributed by atoms with Crippen molar-refractivity contribution in [2.45, 2.75) is 18.6 Å². The van der Waals surface area contributed by atoms with Crippen molar-refractivity contribution in [3.8, 4) is 0 Å². The summed E-state index contributed by atoms with van der Waals surface area (Å²) in [6.45, 7) is 1.39. The minimum absolute atomic E-state index is 0.0631. The van der Waals surface area contributed by atoms with Gasteiger partial charge in [0.1, 0.15) is 7.14 Å². The molecule has 0 spiro atoms. The van der Waals surface area contributed by atoms with Crippen LogP contribution in [0.2, 0.25) is 0 Å². The molecule has 0 bridgehead atoms. The van der Waals surface area contributed by atoms with Crippen molar-refractivity contribution < 1.29 is 14.8 Å². The number of benzene rings is 2. The summed E-state index contributed by atoms with van der Waals surface area (Å²) in [5.41, 5.74) is 3.92. The van der Waals surface area contributed by atoms with Gasteiger partial charge in [-0.25, -0.2) is 0 Å². The van der Waals surface area contributed by atoms with Crippen LogP contribution in [0, 0.1) is 0 Å². The van der Waals surface area contributed by atoms with Gasteiger partial charge in [-0.05, 0) is 6.92 Å². The van der Waals surface area contributed by atoms with Gasteiger partial charge in [-0.15, -0.1) is 0 Å². The molecule has 0 radical (unpaired) electrons. The Kier molecular flexibility index (Phi) is 5.20. The lowest BCUT2D eigenvalue weighted by molar-refractivity contribution is -0.0397. The van der Waals surface area contributed by atoms with Crippen molar-refractivity contribution in [3.63, 3.8) is 0 Å². The summed E-state index contributed by atoms with van der Waals surface area (Å²) in [6.07, 6.45) is -1.19. The lowest BCUT2D eigenvalue weighted by Gasteiger charge is -2.32. The topological polar surface area (TPSA) is 83.5 Å². The number of hydrogen-bond acceptors (Lipinski definition) is 4. The molecule has 2 aromatic rings. The first-order valence-electron chi connectivity index (χ1n) is 7.21. The van der Waals surface area contributed by atoms with Gasteiger partial charge < -0.3 is 20.5 Å².